The van der Waals surface area contributed by atoms with E-state index >= 15 is 0 Å². The number of rotatable bonds is 4. The number of piperidine rings is 1. The molecule has 0 atom stereocenters. The molecule has 1 fully saturated rings. The highest BCUT2D eigenvalue weighted by Gasteiger charge is 2.31. The predicted molar refractivity (Wildman–Crippen MR) is 126 cm³/mol. The van der Waals surface area contributed by atoms with Crippen LogP contribution in [0.15, 0.2) is 53.7 Å². The highest BCUT2D eigenvalue weighted by atomic mass is 32.2. The Kier molecular flexibility index (Phi) is 5.50. The van der Waals surface area contributed by atoms with E-state index in [0.717, 1.165) is 16.7 Å². The molecule has 1 amide bonds. The molecule has 8 heteroatoms. The number of aryl methyl sites for hydroxylation is 1. The second kappa shape index (κ2) is 8.35. The molecule has 0 unspecified atom stereocenters. The summed E-state index contributed by atoms with van der Waals surface area (Å²) in [4.78, 5) is 21.0. The first-order valence-corrected chi connectivity index (χ1v) is 12.6. The lowest BCUT2D eigenvalue weighted by Gasteiger charge is -2.31. The molecule has 0 spiro atoms. The van der Waals surface area contributed by atoms with Crippen LogP contribution >= 0.6 is 0 Å². The Morgan fingerprint density at radius 3 is 2.48 bits per heavy atom. The van der Waals surface area contributed by atoms with E-state index in [4.69, 9.17) is 0 Å². The molecule has 1 N–H and O–H groups in total. The Balaban J connectivity index is 1.28. The smallest absolute Gasteiger partial charge is 0.243 e. The molecule has 1 aromatic heterocycles. The monoisotopic (exact) mass is 462 g/mol. The van der Waals surface area contributed by atoms with Gasteiger partial charge >= 0.3 is 0 Å². The van der Waals surface area contributed by atoms with Crippen molar-refractivity contribution >= 4 is 21.6 Å². The van der Waals surface area contributed by atoms with E-state index in [1.165, 1.54) is 15.4 Å². The standard InChI is InChI=1S/C25H26N4O3S/c1-16-4-3-5-22(17(16)2)25-26-14-20(15-27-25)18-8-10-29(11-9-18)33(31,32)21-7-6-19-12-24(30)28-23(19)13-21/h3-7,13-15,18H,8-12H2,1-2H3,(H,28,30). The van der Waals surface area contributed by atoms with Crippen LogP contribution < -0.4 is 5.32 Å². The topological polar surface area (TPSA) is 92.3 Å². The number of nitrogens with one attached hydrogen (secondary N) is 1. The normalized spacial score (nSPS) is 17.1. The molecule has 0 saturated carbocycles. The molecular weight excluding hydrogens is 436 g/mol. The first kappa shape index (κ1) is 21.7. The third-order valence-corrected chi connectivity index (χ3v) is 8.68. The van der Waals surface area contributed by atoms with Gasteiger partial charge in [-0.15, -0.1) is 0 Å². The number of hydrogen-bond acceptors (Lipinski definition) is 5. The van der Waals surface area contributed by atoms with E-state index in [-0.39, 0.29) is 16.7 Å². The summed E-state index contributed by atoms with van der Waals surface area (Å²) in [5, 5.41) is 2.73. The minimum Gasteiger partial charge on any atom is -0.325 e. The molecule has 170 valence electrons. The average molecular weight is 463 g/mol. The van der Waals surface area contributed by atoms with Gasteiger partial charge < -0.3 is 5.32 Å². The summed E-state index contributed by atoms with van der Waals surface area (Å²) in [6.45, 7) is 5.03. The Morgan fingerprint density at radius 1 is 1.03 bits per heavy atom. The lowest BCUT2D eigenvalue weighted by atomic mass is 9.92. The second-order valence-electron chi connectivity index (χ2n) is 8.81. The summed E-state index contributed by atoms with van der Waals surface area (Å²) in [6.07, 6.45) is 5.48. The molecule has 3 heterocycles. The van der Waals surface area contributed by atoms with Gasteiger partial charge in [-0.3, -0.25) is 4.79 Å². The van der Waals surface area contributed by atoms with Crippen molar-refractivity contribution in [2.45, 2.75) is 43.9 Å². The van der Waals surface area contributed by atoms with Crippen LogP contribution in [0.25, 0.3) is 11.4 Å². The van der Waals surface area contributed by atoms with Gasteiger partial charge in [-0.05, 0) is 67.0 Å². The van der Waals surface area contributed by atoms with E-state index in [0.29, 0.717) is 43.9 Å². The number of sulfonamides is 1. The van der Waals surface area contributed by atoms with Gasteiger partial charge in [0, 0.05) is 36.7 Å². The van der Waals surface area contributed by atoms with Crippen LogP contribution in [0, 0.1) is 13.8 Å². The summed E-state index contributed by atoms with van der Waals surface area (Å²) in [5.41, 5.74) is 5.89. The van der Waals surface area contributed by atoms with Crippen LogP contribution in [-0.2, 0) is 21.2 Å². The van der Waals surface area contributed by atoms with Gasteiger partial charge in [0.15, 0.2) is 5.82 Å². The van der Waals surface area contributed by atoms with Crippen LogP contribution in [0.2, 0.25) is 0 Å². The maximum Gasteiger partial charge on any atom is 0.243 e. The van der Waals surface area contributed by atoms with Crippen molar-refractivity contribution in [2.75, 3.05) is 18.4 Å². The number of hydrogen-bond donors (Lipinski definition) is 1. The largest absolute Gasteiger partial charge is 0.325 e. The van der Waals surface area contributed by atoms with E-state index in [1.54, 1.807) is 18.2 Å². The van der Waals surface area contributed by atoms with Crippen molar-refractivity contribution in [3.63, 3.8) is 0 Å². The Morgan fingerprint density at radius 2 is 1.76 bits per heavy atom. The van der Waals surface area contributed by atoms with Crippen molar-refractivity contribution < 1.29 is 13.2 Å². The minimum atomic E-state index is -3.61. The van der Waals surface area contributed by atoms with Gasteiger partial charge in [0.1, 0.15) is 0 Å². The van der Waals surface area contributed by atoms with E-state index in [2.05, 4.69) is 35.2 Å². The van der Waals surface area contributed by atoms with Crippen LogP contribution in [0.3, 0.4) is 0 Å². The van der Waals surface area contributed by atoms with Crippen LogP contribution in [0.4, 0.5) is 5.69 Å². The summed E-state index contributed by atoms with van der Waals surface area (Å²) in [6, 6.07) is 11.0. The van der Waals surface area contributed by atoms with Gasteiger partial charge in [-0.1, -0.05) is 24.3 Å². The van der Waals surface area contributed by atoms with Crippen molar-refractivity contribution in [3.8, 4) is 11.4 Å². The lowest BCUT2D eigenvalue weighted by Crippen LogP contribution is -2.37. The van der Waals surface area contributed by atoms with E-state index < -0.39 is 10.0 Å². The number of nitrogens with zero attached hydrogens (tertiary/aromatic N) is 3. The van der Waals surface area contributed by atoms with Gasteiger partial charge in [0.25, 0.3) is 0 Å². The maximum absolute atomic E-state index is 13.2. The van der Waals surface area contributed by atoms with Crippen LogP contribution in [0.5, 0.6) is 0 Å². The molecular formula is C25H26N4O3S. The maximum atomic E-state index is 13.2. The first-order chi connectivity index (χ1) is 15.8. The van der Waals surface area contributed by atoms with Crippen molar-refractivity contribution in [1.29, 1.82) is 0 Å². The zero-order valence-corrected chi connectivity index (χ0v) is 19.5. The second-order valence-corrected chi connectivity index (χ2v) is 10.7. The van der Waals surface area contributed by atoms with Gasteiger partial charge in [0.05, 0.1) is 11.3 Å². The zero-order chi connectivity index (χ0) is 23.2. The molecule has 2 aliphatic rings. The quantitative estimate of drug-likeness (QED) is 0.636. The molecule has 7 nitrogen and oxygen atoms in total. The molecule has 0 aliphatic carbocycles. The molecule has 3 aromatic rings. The zero-order valence-electron chi connectivity index (χ0n) is 18.7. The molecule has 2 aromatic carbocycles. The third kappa shape index (κ3) is 4.05. The van der Waals surface area contributed by atoms with Crippen LogP contribution in [0.1, 0.15) is 41.0 Å². The Hall–Kier alpha value is -3.10. The van der Waals surface area contributed by atoms with Crippen molar-refractivity contribution in [1.82, 2.24) is 14.3 Å². The number of amides is 1. The summed E-state index contributed by atoms with van der Waals surface area (Å²) in [5.74, 6) is 0.832. The first-order valence-electron chi connectivity index (χ1n) is 11.1. The fraction of sp³-hybridized carbons (Fsp3) is 0.320. The molecule has 5 rings (SSSR count). The van der Waals surface area contributed by atoms with Gasteiger partial charge in [0.2, 0.25) is 15.9 Å². The minimum absolute atomic E-state index is 0.105. The number of benzene rings is 2. The summed E-state index contributed by atoms with van der Waals surface area (Å²) in [7, 11) is -3.61. The van der Waals surface area contributed by atoms with Gasteiger partial charge in [-0.2, -0.15) is 4.31 Å². The molecule has 1 saturated heterocycles. The molecule has 0 bridgehead atoms. The number of carbonyl (C=O) groups is 1. The van der Waals surface area contributed by atoms with E-state index in [9.17, 15) is 13.2 Å². The Labute approximate surface area is 193 Å². The van der Waals surface area contributed by atoms with Crippen LogP contribution in [-0.4, -0.2) is 41.7 Å². The fourth-order valence-corrected chi connectivity index (χ4v) is 6.11. The van der Waals surface area contributed by atoms with Crippen molar-refractivity contribution in [2.24, 2.45) is 0 Å². The number of anilines is 1. The SMILES string of the molecule is Cc1cccc(-c2ncc(C3CCN(S(=O)(=O)c4ccc5c(c4)NC(=O)C5)CC3)cn2)c1C. The number of aromatic nitrogens is 2. The molecule has 2 aliphatic heterocycles. The number of carbonyl (C=O) groups excluding carboxylic acids is 1. The lowest BCUT2D eigenvalue weighted by molar-refractivity contribution is -0.115. The predicted octanol–water partition coefficient (Wildman–Crippen LogP) is 3.82. The molecule has 0 radical (unpaired) electrons. The highest BCUT2D eigenvalue weighted by Crippen LogP contribution is 2.33. The summed E-state index contributed by atoms with van der Waals surface area (Å²) < 4.78 is 27.9. The third-order valence-electron chi connectivity index (χ3n) is 6.79. The summed E-state index contributed by atoms with van der Waals surface area (Å²) >= 11 is 0. The van der Waals surface area contributed by atoms with E-state index in [1.807, 2.05) is 24.5 Å². The fourth-order valence-electron chi connectivity index (χ4n) is 4.61. The average Bonchev–Trinajstić information content (AvgIpc) is 3.20. The van der Waals surface area contributed by atoms with Crippen molar-refractivity contribution in [3.05, 3.63) is 71.0 Å². The van der Waals surface area contributed by atoms with Gasteiger partial charge in [-0.25, -0.2) is 18.4 Å². The Bertz CT molecular complexity index is 1330. The number of fused-ring (bicyclic) bond motifs is 1. The molecule has 33 heavy (non-hydrogen) atoms. The highest BCUT2D eigenvalue weighted by molar-refractivity contribution is 7.89.